The molecule has 0 fully saturated rings. The van der Waals surface area contributed by atoms with E-state index in [1.165, 1.54) is 13.0 Å². The SMILES string of the molecule is CC(=O)Nc1ccc(NC(=O)/C=C/c2cc(C)n(-c3ccccc3)c2C)cc1. The van der Waals surface area contributed by atoms with Crippen LogP contribution >= 0.6 is 0 Å². The van der Waals surface area contributed by atoms with Gasteiger partial charge in [0.1, 0.15) is 0 Å². The quantitative estimate of drug-likeness (QED) is 0.637. The molecule has 3 rings (SSSR count). The van der Waals surface area contributed by atoms with Gasteiger partial charge >= 0.3 is 0 Å². The zero-order chi connectivity index (χ0) is 20.1. The molecule has 0 radical (unpaired) electrons. The van der Waals surface area contributed by atoms with E-state index in [2.05, 4.69) is 33.4 Å². The minimum Gasteiger partial charge on any atom is -0.326 e. The zero-order valence-electron chi connectivity index (χ0n) is 16.2. The van der Waals surface area contributed by atoms with Gasteiger partial charge < -0.3 is 15.2 Å². The number of benzene rings is 2. The molecule has 0 unspecified atom stereocenters. The number of hydrogen-bond acceptors (Lipinski definition) is 2. The maximum absolute atomic E-state index is 12.2. The van der Waals surface area contributed by atoms with Gasteiger partial charge in [-0.3, -0.25) is 9.59 Å². The van der Waals surface area contributed by atoms with E-state index in [4.69, 9.17) is 0 Å². The number of aryl methyl sites for hydroxylation is 1. The molecule has 1 aromatic heterocycles. The van der Waals surface area contributed by atoms with E-state index in [0.29, 0.717) is 11.4 Å². The Morgan fingerprint density at radius 2 is 1.50 bits per heavy atom. The Bertz CT molecular complexity index is 1020. The standard InChI is InChI=1S/C23H23N3O2/c1-16-15-19(17(2)26(16)22-7-5-4-6-8-22)9-14-23(28)25-21-12-10-20(11-13-21)24-18(3)27/h4-15H,1-3H3,(H,24,27)(H,25,28)/b14-9+. The van der Waals surface area contributed by atoms with Crippen LogP contribution in [-0.4, -0.2) is 16.4 Å². The van der Waals surface area contributed by atoms with Gasteiger partial charge in [-0.25, -0.2) is 0 Å². The fraction of sp³-hybridized carbons (Fsp3) is 0.130. The topological polar surface area (TPSA) is 63.1 Å². The molecule has 3 aromatic rings. The van der Waals surface area contributed by atoms with E-state index in [-0.39, 0.29) is 11.8 Å². The van der Waals surface area contributed by atoms with Crippen LogP contribution < -0.4 is 10.6 Å². The van der Waals surface area contributed by atoms with Crippen molar-refractivity contribution in [3.05, 3.63) is 83.7 Å². The molecule has 0 bridgehead atoms. The van der Waals surface area contributed by atoms with Gasteiger partial charge in [0.15, 0.2) is 0 Å². The lowest BCUT2D eigenvalue weighted by molar-refractivity contribution is -0.114. The van der Waals surface area contributed by atoms with Gasteiger partial charge in [-0.2, -0.15) is 0 Å². The third-order valence-corrected chi connectivity index (χ3v) is 4.37. The van der Waals surface area contributed by atoms with Crippen molar-refractivity contribution in [3.8, 4) is 5.69 Å². The Morgan fingerprint density at radius 1 is 0.893 bits per heavy atom. The van der Waals surface area contributed by atoms with E-state index in [0.717, 1.165) is 22.6 Å². The van der Waals surface area contributed by atoms with Crippen molar-refractivity contribution in [2.75, 3.05) is 10.6 Å². The molecule has 1 heterocycles. The van der Waals surface area contributed by atoms with Crippen molar-refractivity contribution in [3.63, 3.8) is 0 Å². The van der Waals surface area contributed by atoms with Crippen molar-refractivity contribution < 1.29 is 9.59 Å². The summed E-state index contributed by atoms with van der Waals surface area (Å²) >= 11 is 0. The lowest BCUT2D eigenvalue weighted by atomic mass is 10.2. The maximum atomic E-state index is 12.2. The summed E-state index contributed by atoms with van der Waals surface area (Å²) in [5.74, 6) is -0.343. The van der Waals surface area contributed by atoms with Gasteiger partial charge in [0, 0.05) is 41.4 Å². The predicted octanol–water partition coefficient (Wildman–Crippen LogP) is 4.70. The van der Waals surface area contributed by atoms with E-state index >= 15 is 0 Å². The summed E-state index contributed by atoms with van der Waals surface area (Å²) in [6.45, 7) is 5.54. The fourth-order valence-corrected chi connectivity index (χ4v) is 3.12. The molecule has 0 spiro atoms. The molecular weight excluding hydrogens is 350 g/mol. The van der Waals surface area contributed by atoms with E-state index < -0.39 is 0 Å². The molecule has 0 atom stereocenters. The summed E-state index contributed by atoms with van der Waals surface area (Å²) < 4.78 is 2.17. The number of carbonyl (C=O) groups excluding carboxylic acids is 2. The van der Waals surface area contributed by atoms with Crippen LogP contribution in [0.1, 0.15) is 23.9 Å². The van der Waals surface area contributed by atoms with Crippen molar-refractivity contribution in [1.29, 1.82) is 0 Å². The Kier molecular flexibility index (Phi) is 5.75. The van der Waals surface area contributed by atoms with Crippen LogP contribution in [0, 0.1) is 13.8 Å². The lowest BCUT2D eigenvalue weighted by Crippen LogP contribution is -2.08. The second-order valence-electron chi connectivity index (χ2n) is 6.58. The van der Waals surface area contributed by atoms with Gasteiger partial charge in [0.2, 0.25) is 11.8 Å². The molecule has 0 saturated heterocycles. The average Bonchev–Trinajstić information content (AvgIpc) is 2.95. The Morgan fingerprint density at radius 3 is 2.11 bits per heavy atom. The Balaban J connectivity index is 1.70. The normalized spacial score (nSPS) is 10.8. The van der Waals surface area contributed by atoms with Crippen LogP contribution in [0.5, 0.6) is 0 Å². The molecule has 2 aromatic carbocycles. The number of para-hydroxylation sites is 1. The molecule has 5 heteroatoms. The molecular formula is C23H23N3O2. The van der Waals surface area contributed by atoms with Crippen molar-refractivity contribution in [2.45, 2.75) is 20.8 Å². The second kappa shape index (κ2) is 8.39. The lowest BCUT2D eigenvalue weighted by Gasteiger charge is -2.09. The summed E-state index contributed by atoms with van der Waals surface area (Å²) in [6, 6.07) is 19.2. The van der Waals surface area contributed by atoms with Gasteiger partial charge in [-0.05, 0) is 68.0 Å². The first-order chi connectivity index (χ1) is 13.4. The van der Waals surface area contributed by atoms with Crippen LogP contribution in [-0.2, 0) is 9.59 Å². The summed E-state index contributed by atoms with van der Waals surface area (Å²) in [5, 5.41) is 5.51. The summed E-state index contributed by atoms with van der Waals surface area (Å²) in [5.41, 5.74) is 5.64. The minimum atomic E-state index is -0.211. The summed E-state index contributed by atoms with van der Waals surface area (Å²) in [7, 11) is 0. The largest absolute Gasteiger partial charge is 0.326 e. The van der Waals surface area contributed by atoms with Crippen LogP contribution in [0.15, 0.2) is 66.7 Å². The van der Waals surface area contributed by atoms with Crippen LogP contribution in [0.4, 0.5) is 11.4 Å². The van der Waals surface area contributed by atoms with Crippen molar-refractivity contribution in [2.24, 2.45) is 0 Å². The van der Waals surface area contributed by atoms with E-state index in [1.54, 1.807) is 24.3 Å². The second-order valence-corrected chi connectivity index (χ2v) is 6.58. The smallest absolute Gasteiger partial charge is 0.248 e. The molecule has 2 amide bonds. The molecule has 0 aliphatic heterocycles. The van der Waals surface area contributed by atoms with Gasteiger partial charge in [0.25, 0.3) is 0 Å². The Hall–Kier alpha value is -3.60. The number of aromatic nitrogens is 1. The third kappa shape index (κ3) is 4.57. The highest BCUT2D eigenvalue weighted by molar-refractivity contribution is 6.02. The first kappa shape index (κ1) is 19.2. The number of hydrogen-bond donors (Lipinski definition) is 2. The van der Waals surface area contributed by atoms with Crippen LogP contribution in [0.3, 0.4) is 0 Å². The third-order valence-electron chi connectivity index (χ3n) is 4.37. The predicted molar refractivity (Wildman–Crippen MR) is 114 cm³/mol. The molecule has 2 N–H and O–H groups in total. The van der Waals surface area contributed by atoms with Crippen LogP contribution in [0.25, 0.3) is 11.8 Å². The number of nitrogens with one attached hydrogen (secondary N) is 2. The minimum absolute atomic E-state index is 0.132. The molecule has 28 heavy (non-hydrogen) atoms. The van der Waals surface area contributed by atoms with Gasteiger partial charge in [-0.1, -0.05) is 18.2 Å². The van der Waals surface area contributed by atoms with E-state index in [1.807, 2.05) is 38.1 Å². The van der Waals surface area contributed by atoms with Crippen molar-refractivity contribution >= 4 is 29.3 Å². The molecule has 5 nitrogen and oxygen atoms in total. The first-order valence-electron chi connectivity index (χ1n) is 9.05. The van der Waals surface area contributed by atoms with Gasteiger partial charge in [0.05, 0.1) is 0 Å². The molecule has 142 valence electrons. The average molecular weight is 373 g/mol. The number of carbonyl (C=O) groups is 2. The van der Waals surface area contributed by atoms with Crippen molar-refractivity contribution in [1.82, 2.24) is 4.57 Å². The molecule has 0 aliphatic carbocycles. The number of rotatable bonds is 5. The molecule has 0 saturated carbocycles. The summed E-state index contributed by atoms with van der Waals surface area (Å²) in [4.78, 5) is 23.3. The number of nitrogens with zero attached hydrogens (tertiary/aromatic N) is 1. The molecule has 0 aliphatic rings. The van der Waals surface area contributed by atoms with Gasteiger partial charge in [-0.15, -0.1) is 0 Å². The highest BCUT2D eigenvalue weighted by Crippen LogP contribution is 2.21. The monoisotopic (exact) mass is 373 g/mol. The van der Waals surface area contributed by atoms with Crippen LogP contribution in [0.2, 0.25) is 0 Å². The number of anilines is 2. The van der Waals surface area contributed by atoms with E-state index in [9.17, 15) is 9.59 Å². The Labute approximate surface area is 164 Å². The highest BCUT2D eigenvalue weighted by atomic mass is 16.2. The zero-order valence-corrected chi connectivity index (χ0v) is 16.2. The number of amides is 2. The maximum Gasteiger partial charge on any atom is 0.248 e. The summed E-state index contributed by atoms with van der Waals surface area (Å²) in [6.07, 6.45) is 3.35. The first-order valence-corrected chi connectivity index (χ1v) is 9.05. The fourth-order valence-electron chi connectivity index (χ4n) is 3.12. The highest BCUT2D eigenvalue weighted by Gasteiger charge is 2.09.